The summed E-state index contributed by atoms with van der Waals surface area (Å²) in [5.74, 6) is -0.00884. The summed E-state index contributed by atoms with van der Waals surface area (Å²) in [5, 5.41) is 0.461. The van der Waals surface area contributed by atoms with Gasteiger partial charge in [-0.05, 0) is 12.8 Å². The maximum atomic E-state index is 11.4. The van der Waals surface area contributed by atoms with Crippen LogP contribution in [0.25, 0.3) is 0 Å². The predicted octanol–water partition coefficient (Wildman–Crippen LogP) is 0.603. The first-order valence-electron chi connectivity index (χ1n) is 3.73. The second-order valence-corrected chi connectivity index (χ2v) is 3.87. The molecule has 0 amide bonds. The second kappa shape index (κ2) is 3.61. The molecule has 2 rings (SSSR count). The highest BCUT2D eigenvalue weighted by molar-refractivity contribution is 7.17. The van der Waals surface area contributed by atoms with Gasteiger partial charge in [0.15, 0.2) is 10.9 Å². The van der Waals surface area contributed by atoms with Crippen molar-refractivity contribution in [2.45, 2.75) is 18.9 Å². The first-order valence-corrected chi connectivity index (χ1v) is 4.55. The van der Waals surface area contributed by atoms with Gasteiger partial charge in [-0.3, -0.25) is 4.79 Å². The van der Waals surface area contributed by atoms with Crippen molar-refractivity contribution >= 4 is 34.7 Å². The van der Waals surface area contributed by atoms with E-state index < -0.39 is 0 Å². The lowest BCUT2D eigenvalue weighted by molar-refractivity contribution is 0.0952. The molecule has 0 saturated heterocycles. The molecule has 0 aliphatic heterocycles. The average molecular weight is 220 g/mol. The number of nitrogens with two attached hydrogens (primary N) is 2. The molecule has 4 N–H and O–H groups in total. The average Bonchev–Trinajstić information content (AvgIpc) is 2.39. The predicted molar refractivity (Wildman–Crippen MR) is 54.4 cm³/mol. The van der Waals surface area contributed by atoms with Gasteiger partial charge in [0, 0.05) is 0 Å². The number of thiazole rings is 1. The fourth-order valence-corrected chi connectivity index (χ4v) is 2.21. The second-order valence-electron chi connectivity index (χ2n) is 2.84. The van der Waals surface area contributed by atoms with E-state index in [1.807, 2.05) is 0 Å². The van der Waals surface area contributed by atoms with Crippen LogP contribution in [0.4, 0.5) is 5.13 Å². The van der Waals surface area contributed by atoms with Crippen molar-refractivity contribution in [3.05, 3.63) is 10.6 Å². The fraction of sp³-hybridized carbons (Fsp3) is 0.429. The van der Waals surface area contributed by atoms with Crippen molar-refractivity contribution < 1.29 is 4.79 Å². The van der Waals surface area contributed by atoms with E-state index in [0.717, 1.165) is 12.1 Å². The van der Waals surface area contributed by atoms with E-state index in [0.29, 0.717) is 16.4 Å². The van der Waals surface area contributed by atoms with Crippen LogP contribution in [0.1, 0.15) is 21.8 Å². The summed E-state index contributed by atoms with van der Waals surface area (Å²) < 4.78 is 0. The van der Waals surface area contributed by atoms with Gasteiger partial charge in [-0.15, -0.1) is 12.4 Å². The molecule has 0 aromatic carbocycles. The molecule has 1 atom stereocenters. The lowest BCUT2D eigenvalue weighted by atomic mass is 9.97. The molecule has 6 heteroatoms. The first kappa shape index (κ1) is 10.4. The molecule has 72 valence electrons. The number of carbonyl (C=O) groups is 1. The number of aromatic nitrogens is 1. The smallest absolute Gasteiger partial charge is 0.191 e. The number of halogens is 1. The van der Waals surface area contributed by atoms with E-state index in [1.165, 1.54) is 11.3 Å². The van der Waals surface area contributed by atoms with Gasteiger partial charge < -0.3 is 11.5 Å². The Morgan fingerprint density at radius 1 is 1.54 bits per heavy atom. The third kappa shape index (κ3) is 1.67. The van der Waals surface area contributed by atoms with Crippen LogP contribution in [0.3, 0.4) is 0 Å². The summed E-state index contributed by atoms with van der Waals surface area (Å²) in [7, 11) is 0. The van der Waals surface area contributed by atoms with Gasteiger partial charge in [0.1, 0.15) is 0 Å². The van der Waals surface area contributed by atoms with Crippen molar-refractivity contribution in [1.29, 1.82) is 0 Å². The summed E-state index contributed by atoms with van der Waals surface area (Å²) in [4.78, 5) is 16.1. The van der Waals surface area contributed by atoms with Gasteiger partial charge >= 0.3 is 0 Å². The number of aryl methyl sites for hydroxylation is 1. The van der Waals surface area contributed by atoms with Gasteiger partial charge in [-0.25, -0.2) is 4.98 Å². The van der Waals surface area contributed by atoms with Gasteiger partial charge in [-0.2, -0.15) is 0 Å². The van der Waals surface area contributed by atoms with E-state index >= 15 is 0 Å². The normalized spacial score (nSPS) is 20.7. The number of carbonyl (C=O) groups excluding carboxylic acids is 1. The molecule has 0 radical (unpaired) electrons. The molecule has 1 aromatic heterocycles. The van der Waals surface area contributed by atoms with E-state index in [4.69, 9.17) is 11.5 Å². The molecule has 0 fully saturated rings. The standard InChI is InChI=1S/C7H9N3OS.ClH/c8-3-1-2-4-6(5(3)11)12-7(9)10-4;/h3H,1-2,8H2,(H2,9,10);1H. The molecule has 0 saturated carbocycles. The zero-order valence-electron chi connectivity index (χ0n) is 6.82. The number of fused-ring (bicyclic) bond motifs is 1. The number of nitrogen functional groups attached to an aromatic ring is 1. The Labute approximate surface area is 85.7 Å². The third-order valence-corrected chi connectivity index (χ3v) is 2.91. The molecule has 1 aliphatic carbocycles. The number of anilines is 1. The summed E-state index contributed by atoms with van der Waals surface area (Å²) in [6.07, 6.45) is 1.46. The number of hydrogen-bond donors (Lipinski definition) is 2. The molecule has 0 bridgehead atoms. The van der Waals surface area contributed by atoms with Crippen molar-refractivity contribution in [3.63, 3.8) is 0 Å². The fourth-order valence-electron chi connectivity index (χ4n) is 1.32. The van der Waals surface area contributed by atoms with Crippen molar-refractivity contribution in [1.82, 2.24) is 4.98 Å². The van der Waals surface area contributed by atoms with Gasteiger partial charge in [0.2, 0.25) is 0 Å². The Kier molecular flexibility index (Phi) is 2.90. The highest BCUT2D eigenvalue weighted by Gasteiger charge is 2.27. The Balaban J connectivity index is 0.000000845. The number of nitrogens with zero attached hydrogens (tertiary/aromatic N) is 1. The van der Waals surface area contributed by atoms with Gasteiger partial charge in [0.25, 0.3) is 0 Å². The highest BCUT2D eigenvalue weighted by atomic mass is 35.5. The van der Waals surface area contributed by atoms with Crippen LogP contribution in [0.2, 0.25) is 0 Å². The van der Waals surface area contributed by atoms with E-state index in [-0.39, 0.29) is 24.2 Å². The van der Waals surface area contributed by atoms with Crippen LogP contribution < -0.4 is 11.5 Å². The van der Waals surface area contributed by atoms with Crippen LogP contribution in [0, 0.1) is 0 Å². The monoisotopic (exact) mass is 219 g/mol. The molecule has 1 heterocycles. The molecule has 4 nitrogen and oxygen atoms in total. The maximum absolute atomic E-state index is 11.4. The molecule has 0 spiro atoms. The van der Waals surface area contributed by atoms with E-state index in [9.17, 15) is 4.79 Å². The molecule has 1 aromatic rings. The zero-order chi connectivity index (χ0) is 8.72. The number of Topliss-reactive ketones (excluding diaryl/α,β-unsaturated/α-hetero) is 1. The Morgan fingerprint density at radius 3 is 2.92 bits per heavy atom. The number of hydrogen-bond acceptors (Lipinski definition) is 5. The lowest BCUT2D eigenvalue weighted by Crippen LogP contribution is -2.34. The molecular formula is C7H10ClN3OS. The van der Waals surface area contributed by atoms with Crippen LogP contribution in [0.15, 0.2) is 0 Å². The Bertz CT molecular complexity index is 338. The summed E-state index contributed by atoms with van der Waals surface area (Å²) in [6, 6.07) is -0.350. The lowest BCUT2D eigenvalue weighted by Gasteiger charge is -2.14. The van der Waals surface area contributed by atoms with E-state index in [2.05, 4.69) is 4.98 Å². The maximum Gasteiger partial charge on any atom is 0.191 e. The van der Waals surface area contributed by atoms with Crippen LogP contribution in [-0.2, 0) is 6.42 Å². The number of ketones is 1. The highest BCUT2D eigenvalue weighted by Crippen LogP contribution is 2.27. The topological polar surface area (TPSA) is 82.0 Å². The first-order chi connectivity index (χ1) is 5.68. The van der Waals surface area contributed by atoms with Crippen LogP contribution in [0.5, 0.6) is 0 Å². The summed E-state index contributed by atoms with van der Waals surface area (Å²) in [6.45, 7) is 0. The zero-order valence-corrected chi connectivity index (χ0v) is 8.45. The van der Waals surface area contributed by atoms with Crippen LogP contribution in [-0.4, -0.2) is 16.8 Å². The molecule has 1 aliphatic rings. The van der Waals surface area contributed by atoms with Crippen LogP contribution >= 0.6 is 23.7 Å². The molecular weight excluding hydrogens is 210 g/mol. The summed E-state index contributed by atoms with van der Waals surface area (Å²) >= 11 is 1.24. The number of rotatable bonds is 0. The van der Waals surface area contributed by atoms with Crippen molar-refractivity contribution in [2.24, 2.45) is 5.73 Å². The van der Waals surface area contributed by atoms with E-state index in [1.54, 1.807) is 0 Å². The minimum absolute atomic E-state index is 0. The quantitative estimate of drug-likeness (QED) is 0.670. The Hall–Kier alpha value is -0.650. The summed E-state index contributed by atoms with van der Waals surface area (Å²) in [5.41, 5.74) is 11.9. The van der Waals surface area contributed by atoms with Gasteiger partial charge in [-0.1, -0.05) is 11.3 Å². The molecule has 1 unspecified atom stereocenters. The minimum Gasteiger partial charge on any atom is -0.375 e. The SMILES string of the molecule is Cl.Nc1nc2c(s1)C(=O)C(N)CC2. The third-order valence-electron chi connectivity index (χ3n) is 1.97. The Morgan fingerprint density at radius 2 is 2.23 bits per heavy atom. The largest absolute Gasteiger partial charge is 0.375 e. The van der Waals surface area contributed by atoms with Gasteiger partial charge in [0.05, 0.1) is 16.6 Å². The minimum atomic E-state index is -0.350. The van der Waals surface area contributed by atoms with Crippen molar-refractivity contribution in [3.8, 4) is 0 Å². The molecule has 13 heavy (non-hydrogen) atoms. The van der Waals surface area contributed by atoms with Crippen molar-refractivity contribution in [2.75, 3.05) is 5.73 Å².